The van der Waals surface area contributed by atoms with E-state index in [4.69, 9.17) is 5.73 Å². The number of nitrogens with two attached hydrogens (primary N) is 1. The third-order valence-corrected chi connectivity index (χ3v) is 3.86. The first-order valence-electron chi connectivity index (χ1n) is 4.80. The molecule has 64 valence electrons. The van der Waals surface area contributed by atoms with E-state index in [1.165, 1.54) is 25.7 Å². The van der Waals surface area contributed by atoms with Crippen LogP contribution in [0.25, 0.3) is 0 Å². The van der Waals surface area contributed by atoms with Crippen LogP contribution in [0.4, 0.5) is 0 Å². The Morgan fingerprint density at radius 2 is 1.91 bits per heavy atom. The summed E-state index contributed by atoms with van der Waals surface area (Å²) in [7, 11) is 0. The van der Waals surface area contributed by atoms with Gasteiger partial charge in [-0.3, -0.25) is 0 Å². The van der Waals surface area contributed by atoms with E-state index in [0.29, 0.717) is 10.8 Å². The minimum Gasteiger partial charge on any atom is -0.330 e. The van der Waals surface area contributed by atoms with Crippen LogP contribution in [0, 0.1) is 16.7 Å². The molecule has 0 bridgehead atoms. The molecule has 0 aromatic rings. The highest BCUT2D eigenvalue weighted by Crippen LogP contribution is 2.67. The lowest BCUT2D eigenvalue weighted by molar-refractivity contribution is 0.347. The molecular formula is C10H19N. The van der Waals surface area contributed by atoms with Crippen molar-refractivity contribution < 1.29 is 0 Å². The van der Waals surface area contributed by atoms with E-state index in [1.54, 1.807) is 0 Å². The number of hydrogen-bond donors (Lipinski definition) is 1. The zero-order valence-electron chi connectivity index (χ0n) is 7.69. The fourth-order valence-corrected chi connectivity index (χ4v) is 2.46. The Bertz CT molecular complexity index is 170. The lowest BCUT2D eigenvalue weighted by Gasteiger charge is -2.17. The zero-order chi connectivity index (χ0) is 8.11. The first-order chi connectivity index (χ1) is 5.10. The molecule has 0 radical (unpaired) electrons. The Balaban J connectivity index is 1.96. The third kappa shape index (κ3) is 1.10. The predicted molar refractivity (Wildman–Crippen MR) is 47.2 cm³/mol. The summed E-state index contributed by atoms with van der Waals surface area (Å²) in [4.78, 5) is 0. The minimum absolute atomic E-state index is 0.550. The molecule has 1 nitrogen and oxygen atoms in total. The maximum absolute atomic E-state index is 5.82. The third-order valence-electron chi connectivity index (χ3n) is 3.86. The second kappa shape index (κ2) is 2.01. The summed E-state index contributed by atoms with van der Waals surface area (Å²) in [6, 6.07) is 0. The summed E-state index contributed by atoms with van der Waals surface area (Å²) in [5.74, 6) is 1.04. The molecule has 2 aliphatic rings. The molecule has 0 aromatic carbocycles. The van der Waals surface area contributed by atoms with Gasteiger partial charge < -0.3 is 5.73 Å². The highest BCUT2D eigenvalue weighted by Gasteiger charge is 2.60. The summed E-state index contributed by atoms with van der Waals surface area (Å²) < 4.78 is 0. The average molecular weight is 153 g/mol. The largest absolute Gasteiger partial charge is 0.330 e. The van der Waals surface area contributed by atoms with Crippen LogP contribution >= 0.6 is 0 Å². The Morgan fingerprint density at radius 1 is 1.36 bits per heavy atom. The predicted octanol–water partition coefficient (Wildman–Crippen LogP) is 2.16. The lowest BCUT2D eigenvalue weighted by Crippen LogP contribution is -2.21. The molecule has 2 aliphatic carbocycles. The summed E-state index contributed by atoms with van der Waals surface area (Å²) in [5, 5.41) is 0. The molecule has 1 unspecified atom stereocenters. The van der Waals surface area contributed by atoms with Crippen LogP contribution in [0.2, 0.25) is 0 Å². The second-order valence-corrected chi connectivity index (χ2v) is 5.19. The van der Waals surface area contributed by atoms with E-state index >= 15 is 0 Å². The molecule has 2 N–H and O–H groups in total. The fourth-order valence-electron chi connectivity index (χ4n) is 2.46. The van der Waals surface area contributed by atoms with Crippen LogP contribution in [0.3, 0.4) is 0 Å². The van der Waals surface area contributed by atoms with Crippen molar-refractivity contribution in [3.63, 3.8) is 0 Å². The van der Waals surface area contributed by atoms with Gasteiger partial charge >= 0.3 is 0 Å². The molecule has 2 fully saturated rings. The van der Waals surface area contributed by atoms with E-state index in [1.807, 2.05) is 0 Å². The van der Waals surface area contributed by atoms with Crippen molar-refractivity contribution in [1.29, 1.82) is 0 Å². The summed E-state index contributed by atoms with van der Waals surface area (Å²) >= 11 is 0. The van der Waals surface area contributed by atoms with Crippen LogP contribution in [0.15, 0.2) is 0 Å². The van der Waals surface area contributed by atoms with Crippen LogP contribution in [0.5, 0.6) is 0 Å². The van der Waals surface area contributed by atoms with Gasteiger partial charge in [0.15, 0.2) is 0 Å². The maximum atomic E-state index is 5.82. The zero-order valence-corrected chi connectivity index (χ0v) is 7.69. The SMILES string of the molecule is CC1(C)CC1(CN)CC1CC1. The van der Waals surface area contributed by atoms with Crippen molar-refractivity contribution in [3.8, 4) is 0 Å². The molecule has 0 heterocycles. The minimum atomic E-state index is 0.550. The van der Waals surface area contributed by atoms with E-state index in [-0.39, 0.29) is 0 Å². The van der Waals surface area contributed by atoms with Gasteiger partial charge in [0.25, 0.3) is 0 Å². The topological polar surface area (TPSA) is 26.0 Å². The van der Waals surface area contributed by atoms with E-state index in [9.17, 15) is 0 Å². The van der Waals surface area contributed by atoms with Crippen LogP contribution in [-0.4, -0.2) is 6.54 Å². The fraction of sp³-hybridized carbons (Fsp3) is 1.00. The first kappa shape index (κ1) is 7.60. The molecule has 0 saturated heterocycles. The molecule has 2 rings (SSSR count). The summed E-state index contributed by atoms with van der Waals surface area (Å²) in [6.45, 7) is 5.64. The molecule has 2 saturated carbocycles. The van der Waals surface area contributed by atoms with Crippen molar-refractivity contribution in [3.05, 3.63) is 0 Å². The highest BCUT2D eigenvalue weighted by atomic mass is 14.7. The van der Waals surface area contributed by atoms with Gasteiger partial charge in [0.2, 0.25) is 0 Å². The first-order valence-corrected chi connectivity index (χ1v) is 4.80. The van der Waals surface area contributed by atoms with Gasteiger partial charge in [-0.1, -0.05) is 26.7 Å². The molecule has 0 aliphatic heterocycles. The highest BCUT2D eigenvalue weighted by molar-refractivity contribution is 5.11. The van der Waals surface area contributed by atoms with Crippen molar-refractivity contribution in [2.75, 3.05) is 6.54 Å². The second-order valence-electron chi connectivity index (χ2n) is 5.19. The van der Waals surface area contributed by atoms with Gasteiger partial charge in [0.05, 0.1) is 0 Å². The molecule has 0 aromatic heterocycles. The van der Waals surface area contributed by atoms with E-state index in [2.05, 4.69) is 13.8 Å². The Hall–Kier alpha value is -0.0400. The molecule has 0 amide bonds. The molecule has 11 heavy (non-hydrogen) atoms. The van der Waals surface area contributed by atoms with Crippen LogP contribution in [0.1, 0.15) is 39.5 Å². The number of rotatable bonds is 3. The van der Waals surface area contributed by atoms with Crippen molar-refractivity contribution in [1.82, 2.24) is 0 Å². The standard InChI is InChI=1S/C10H19N/c1-9(2)6-10(9,7-11)5-8-3-4-8/h8H,3-7,11H2,1-2H3. The van der Waals surface area contributed by atoms with Crippen molar-refractivity contribution in [2.45, 2.75) is 39.5 Å². The van der Waals surface area contributed by atoms with Crippen molar-refractivity contribution >= 4 is 0 Å². The van der Waals surface area contributed by atoms with Gasteiger partial charge in [-0.15, -0.1) is 0 Å². The monoisotopic (exact) mass is 153 g/mol. The molecule has 1 atom stereocenters. The lowest BCUT2D eigenvalue weighted by atomic mass is 9.90. The van der Waals surface area contributed by atoms with Gasteiger partial charge in [-0.25, -0.2) is 0 Å². The maximum Gasteiger partial charge on any atom is -0.00151 e. The quantitative estimate of drug-likeness (QED) is 0.660. The van der Waals surface area contributed by atoms with Crippen LogP contribution < -0.4 is 5.73 Å². The molecule has 0 spiro atoms. The van der Waals surface area contributed by atoms with E-state index in [0.717, 1.165) is 12.5 Å². The molecular weight excluding hydrogens is 134 g/mol. The van der Waals surface area contributed by atoms with Gasteiger partial charge in [-0.2, -0.15) is 0 Å². The smallest absolute Gasteiger partial charge is 0.00151 e. The van der Waals surface area contributed by atoms with Gasteiger partial charge in [0, 0.05) is 0 Å². The number of hydrogen-bond acceptors (Lipinski definition) is 1. The Labute approximate surface area is 69.4 Å². The van der Waals surface area contributed by atoms with Crippen LogP contribution in [-0.2, 0) is 0 Å². The van der Waals surface area contributed by atoms with Gasteiger partial charge in [0.1, 0.15) is 0 Å². The Morgan fingerprint density at radius 3 is 2.18 bits per heavy atom. The summed E-state index contributed by atoms with van der Waals surface area (Å²) in [6.07, 6.45) is 5.72. The van der Waals surface area contributed by atoms with Crippen molar-refractivity contribution in [2.24, 2.45) is 22.5 Å². The Kier molecular flexibility index (Phi) is 1.39. The average Bonchev–Trinajstić information content (AvgIpc) is 2.76. The van der Waals surface area contributed by atoms with Gasteiger partial charge in [-0.05, 0) is 36.1 Å². The van der Waals surface area contributed by atoms with E-state index < -0.39 is 0 Å². The molecule has 1 heteroatoms. The normalized spacial score (nSPS) is 40.6. The summed E-state index contributed by atoms with van der Waals surface area (Å²) in [5.41, 5.74) is 6.93.